The van der Waals surface area contributed by atoms with Crippen LogP contribution < -0.4 is 4.74 Å². The molecule has 1 aliphatic rings. The molecule has 1 aliphatic carbocycles. The van der Waals surface area contributed by atoms with Gasteiger partial charge in [0.1, 0.15) is 17.5 Å². The monoisotopic (exact) mass is 312 g/mol. The van der Waals surface area contributed by atoms with Crippen LogP contribution in [0.15, 0.2) is 12.3 Å². The maximum absolute atomic E-state index is 7.32. The van der Waals surface area contributed by atoms with E-state index in [-0.39, 0.29) is 17.8 Å². The van der Waals surface area contributed by atoms with Gasteiger partial charge in [-0.3, -0.25) is 0 Å². The van der Waals surface area contributed by atoms with Crippen LogP contribution in [0.25, 0.3) is 4.85 Å². The van der Waals surface area contributed by atoms with Crippen LogP contribution >= 0.6 is 0 Å². The molecule has 0 amide bonds. The van der Waals surface area contributed by atoms with E-state index in [4.69, 9.17) is 16.0 Å². The van der Waals surface area contributed by atoms with Gasteiger partial charge in [0, 0.05) is 19.3 Å². The van der Waals surface area contributed by atoms with Crippen LogP contribution in [0.5, 0.6) is 5.75 Å². The largest absolute Gasteiger partial charge is 0.500 e. The molecule has 0 saturated heterocycles. The van der Waals surface area contributed by atoms with Crippen molar-refractivity contribution in [3.8, 4) is 17.6 Å². The van der Waals surface area contributed by atoms with Crippen molar-refractivity contribution in [2.24, 2.45) is 0 Å². The van der Waals surface area contributed by atoms with Crippen molar-refractivity contribution in [2.45, 2.75) is 71.2 Å². The molecule has 0 N–H and O–H groups in total. The summed E-state index contributed by atoms with van der Waals surface area (Å²) in [5.74, 6) is 6.56. The number of pyridine rings is 1. The Morgan fingerprint density at radius 1 is 1.35 bits per heavy atom. The van der Waals surface area contributed by atoms with Gasteiger partial charge in [0.15, 0.2) is 0 Å². The van der Waals surface area contributed by atoms with E-state index in [1.165, 1.54) is 0 Å². The molecule has 0 spiro atoms. The molecule has 0 aromatic carbocycles. The molecule has 0 aliphatic heterocycles. The van der Waals surface area contributed by atoms with E-state index < -0.39 is 0 Å². The molecule has 1 saturated carbocycles. The van der Waals surface area contributed by atoms with Crippen molar-refractivity contribution in [1.82, 2.24) is 4.98 Å². The highest BCUT2D eigenvalue weighted by atomic mass is 16.5. The highest BCUT2D eigenvalue weighted by molar-refractivity contribution is 5.59. The van der Waals surface area contributed by atoms with E-state index in [1.54, 1.807) is 12.3 Å². The number of ether oxygens (including phenoxy) is 2. The summed E-state index contributed by atoms with van der Waals surface area (Å²) in [6.07, 6.45) is 5.51. The van der Waals surface area contributed by atoms with Crippen molar-refractivity contribution in [1.29, 1.82) is 0 Å². The van der Waals surface area contributed by atoms with Crippen molar-refractivity contribution >= 4 is 5.69 Å². The average Bonchev–Trinajstić information content (AvgIpc) is 2.45. The Hall–Kier alpha value is -2.04. The van der Waals surface area contributed by atoms with Crippen molar-refractivity contribution in [3.05, 3.63) is 29.4 Å². The van der Waals surface area contributed by atoms with Crippen molar-refractivity contribution < 1.29 is 9.47 Å². The van der Waals surface area contributed by atoms with E-state index in [1.807, 2.05) is 0 Å². The number of unbranched alkanes of at least 4 members (excludes halogenated alkanes) is 1. The van der Waals surface area contributed by atoms with E-state index in [0.717, 1.165) is 25.7 Å². The van der Waals surface area contributed by atoms with E-state index in [2.05, 4.69) is 49.4 Å². The summed E-state index contributed by atoms with van der Waals surface area (Å²) in [6.45, 7) is 15.6. The van der Waals surface area contributed by atoms with E-state index in [0.29, 0.717) is 17.1 Å². The molecule has 2 rings (SSSR count). The molecule has 23 heavy (non-hydrogen) atoms. The summed E-state index contributed by atoms with van der Waals surface area (Å²) in [5, 5.41) is 0. The van der Waals surface area contributed by atoms with Crippen LogP contribution in [0.1, 0.15) is 59.1 Å². The minimum Gasteiger partial charge on any atom is -0.500 e. The van der Waals surface area contributed by atoms with E-state index >= 15 is 0 Å². The molecule has 1 fully saturated rings. The molecule has 4 heteroatoms. The summed E-state index contributed by atoms with van der Waals surface area (Å²) >= 11 is 0. The van der Waals surface area contributed by atoms with Gasteiger partial charge in [-0.2, -0.15) is 0 Å². The third kappa shape index (κ3) is 5.27. The lowest BCUT2D eigenvalue weighted by atomic mass is 9.91. The molecule has 0 atom stereocenters. The zero-order valence-electron chi connectivity index (χ0n) is 14.3. The average molecular weight is 312 g/mol. The first-order valence-corrected chi connectivity index (χ1v) is 8.12. The Kier molecular flexibility index (Phi) is 5.64. The Morgan fingerprint density at radius 2 is 2.09 bits per heavy atom. The van der Waals surface area contributed by atoms with Crippen LogP contribution in [0.4, 0.5) is 5.69 Å². The first kappa shape index (κ1) is 17.3. The van der Waals surface area contributed by atoms with Gasteiger partial charge in [-0.15, -0.1) is 0 Å². The third-order valence-electron chi connectivity index (χ3n) is 3.42. The summed E-state index contributed by atoms with van der Waals surface area (Å²) in [7, 11) is 0. The van der Waals surface area contributed by atoms with Crippen LogP contribution in [-0.4, -0.2) is 22.8 Å². The maximum Gasteiger partial charge on any atom is 0.232 e. The smallest absolute Gasteiger partial charge is 0.232 e. The second-order valence-electron chi connectivity index (χ2n) is 6.76. The normalized spacial score (nSPS) is 20.0. The highest BCUT2D eigenvalue weighted by Crippen LogP contribution is 2.35. The number of nitrogens with zero attached hydrogens (tertiary/aromatic N) is 2. The van der Waals surface area contributed by atoms with Crippen molar-refractivity contribution in [2.75, 3.05) is 0 Å². The topological polar surface area (TPSA) is 35.7 Å². The fourth-order valence-corrected chi connectivity index (χ4v) is 2.35. The molecular weight excluding hydrogens is 288 g/mol. The van der Waals surface area contributed by atoms with Gasteiger partial charge in [-0.1, -0.05) is 12.8 Å². The summed E-state index contributed by atoms with van der Waals surface area (Å²) in [5.41, 5.74) is 0.970. The maximum atomic E-state index is 7.32. The standard InChI is InChI=1S/C19H24N2O2/c1-6-7-8-9-14-10-17(20-5)18(13-21-14)22-15-11-16(12-15)23-19(2,3)4/h10,13,15-16H,6-7,11-12H2,1-4H3. The predicted molar refractivity (Wildman–Crippen MR) is 90.6 cm³/mol. The molecule has 1 aromatic heterocycles. The van der Waals surface area contributed by atoms with Crippen LogP contribution in [-0.2, 0) is 4.74 Å². The van der Waals surface area contributed by atoms with Crippen LogP contribution in [0.2, 0.25) is 0 Å². The molecule has 1 aromatic rings. The predicted octanol–water partition coefficient (Wildman–Crippen LogP) is 4.51. The Morgan fingerprint density at radius 3 is 2.70 bits per heavy atom. The Bertz CT molecular complexity index is 638. The lowest BCUT2D eigenvalue weighted by Gasteiger charge is -2.39. The van der Waals surface area contributed by atoms with Crippen molar-refractivity contribution in [3.63, 3.8) is 0 Å². The van der Waals surface area contributed by atoms with Gasteiger partial charge in [-0.25, -0.2) is 9.83 Å². The lowest BCUT2D eigenvalue weighted by Crippen LogP contribution is -2.43. The quantitative estimate of drug-likeness (QED) is 0.606. The number of rotatable bonds is 4. The fourth-order valence-electron chi connectivity index (χ4n) is 2.35. The number of aromatic nitrogens is 1. The van der Waals surface area contributed by atoms with Crippen LogP contribution in [0.3, 0.4) is 0 Å². The molecule has 4 nitrogen and oxygen atoms in total. The molecule has 0 bridgehead atoms. The Balaban J connectivity index is 1.94. The van der Waals surface area contributed by atoms with E-state index in [9.17, 15) is 0 Å². The second-order valence-corrected chi connectivity index (χ2v) is 6.76. The van der Waals surface area contributed by atoms with Gasteiger partial charge in [0.05, 0.1) is 24.5 Å². The Labute approximate surface area is 139 Å². The number of hydrogen-bond acceptors (Lipinski definition) is 3. The highest BCUT2D eigenvalue weighted by Gasteiger charge is 2.34. The molecule has 0 unspecified atom stereocenters. The fraction of sp³-hybridized carbons (Fsp3) is 0.579. The van der Waals surface area contributed by atoms with Gasteiger partial charge in [0.25, 0.3) is 0 Å². The first-order chi connectivity index (χ1) is 10.9. The summed E-state index contributed by atoms with van der Waals surface area (Å²) < 4.78 is 11.8. The molecular formula is C19H24N2O2. The van der Waals surface area contributed by atoms with Crippen LogP contribution in [0, 0.1) is 18.4 Å². The number of hydrogen-bond donors (Lipinski definition) is 0. The lowest BCUT2D eigenvalue weighted by molar-refractivity contribution is -0.126. The molecule has 0 radical (unpaired) electrons. The molecule has 122 valence electrons. The third-order valence-corrected chi connectivity index (χ3v) is 3.42. The first-order valence-electron chi connectivity index (χ1n) is 8.12. The van der Waals surface area contributed by atoms with Gasteiger partial charge >= 0.3 is 0 Å². The minimum absolute atomic E-state index is 0.0988. The van der Waals surface area contributed by atoms with Gasteiger partial charge < -0.3 is 9.47 Å². The van der Waals surface area contributed by atoms with Gasteiger partial charge in [-0.05, 0) is 39.2 Å². The second kappa shape index (κ2) is 7.49. The summed E-state index contributed by atoms with van der Waals surface area (Å²) in [6, 6.07) is 1.70. The SMILES string of the molecule is [C-]#[N+]c1cc(C#CCCC)ncc1OC1CC(OC(C)(C)C)C1. The minimum atomic E-state index is -0.127. The van der Waals surface area contributed by atoms with Gasteiger partial charge in [0.2, 0.25) is 5.69 Å². The zero-order valence-corrected chi connectivity index (χ0v) is 14.3. The summed E-state index contributed by atoms with van der Waals surface area (Å²) in [4.78, 5) is 7.81. The zero-order chi connectivity index (χ0) is 16.9. The molecule has 1 heterocycles.